The second-order valence-corrected chi connectivity index (χ2v) is 4.96. The van der Waals surface area contributed by atoms with Gasteiger partial charge >= 0.3 is 0 Å². The zero-order valence-electron chi connectivity index (χ0n) is 8.74. The topological polar surface area (TPSA) is 12.4 Å². The van der Waals surface area contributed by atoms with E-state index >= 15 is 0 Å². The molecule has 0 amide bonds. The van der Waals surface area contributed by atoms with Crippen molar-refractivity contribution in [3.05, 3.63) is 0 Å². The van der Waals surface area contributed by atoms with Crippen molar-refractivity contribution < 1.29 is 0 Å². The molecule has 78 valence electrons. The third kappa shape index (κ3) is 2.24. The lowest BCUT2D eigenvalue weighted by Gasteiger charge is -2.29. The van der Waals surface area contributed by atoms with Gasteiger partial charge in [-0.05, 0) is 36.9 Å². The molecule has 0 N–H and O–H groups in total. The second kappa shape index (κ2) is 5.04. The molecule has 1 nitrogen and oxygen atoms in total. The van der Waals surface area contributed by atoms with Crippen molar-refractivity contribution in [1.82, 2.24) is 0 Å². The van der Waals surface area contributed by atoms with Crippen molar-refractivity contribution in [2.75, 3.05) is 0 Å². The van der Waals surface area contributed by atoms with Gasteiger partial charge in [0.25, 0.3) is 0 Å². The summed E-state index contributed by atoms with van der Waals surface area (Å²) in [4.78, 5) is 4.35. The second-order valence-electron chi connectivity index (χ2n) is 4.78. The number of aliphatic imine (C=N–C) groups is 1. The van der Waals surface area contributed by atoms with Crippen LogP contribution in [0.25, 0.3) is 0 Å². The number of nitrogens with zero attached hydrogens (tertiary/aromatic N) is 1. The molecule has 2 atom stereocenters. The lowest BCUT2D eigenvalue weighted by atomic mass is 9.78. The van der Waals surface area contributed by atoms with Gasteiger partial charge < -0.3 is 0 Å². The van der Waals surface area contributed by atoms with Gasteiger partial charge in [0.2, 0.25) is 0 Å². The minimum atomic E-state index is 0.524. The fraction of sp³-hybridized carbons (Fsp3) is 0.917. The van der Waals surface area contributed by atoms with E-state index in [2.05, 4.69) is 10.2 Å². The standard InChI is InChI=1S/C12H19NS/c14-9-13-12-8-4-7-11(12)10-5-2-1-3-6-10/h10-12H,1-8H2/t11-,12-/m1/s1. The van der Waals surface area contributed by atoms with Crippen molar-refractivity contribution in [2.24, 2.45) is 16.8 Å². The van der Waals surface area contributed by atoms with Crippen LogP contribution in [0, 0.1) is 11.8 Å². The van der Waals surface area contributed by atoms with Gasteiger partial charge in [-0.2, -0.15) is 0 Å². The van der Waals surface area contributed by atoms with Crippen LogP contribution in [0.2, 0.25) is 0 Å². The number of hydrogen-bond acceptors (Lipinski definition) is 2. The van der Waals surface area contributed by atoms with Gasteiger partial charge in [0, 0.05) is 0 Å². The zero-order valence-corrected chi connectivity index (χ0v) is 9.56. The van der Waals surface area contributed by atoms with E-state index in [-0.39, 0.29) is 0 Å². The predicted octanol–water partition coefficient (Wildman–Crippen LogP) is 3.84. The van der Waals surface area contributed by atoms with Crippen molar-refractivity contribution in [3.63, 3.8) is 0 Å². The first-order valence-corrected chi connectivity index (χ1v) is 6.39. The van der Waals surface area contributed by atoms with E-state index in [1.54, 1.807) is 0 Å². The minimum Gasteiger partial charge on any atom is -0.229 e. The summed E-state index contributed by atoms with van der Waals surface area (Å²) in [5, 5.41) is 2.59. The van der Waals surface area contributed by atoms with Crippen molar-refractivity contribution in [2.45, 2.75) is 57.4 Å². The molecular formula is C12H19NS. The van der Waals surface area contributed by atoms with Crippen molar-refractivity contribution >= 4 is 17.4 Å². The van der Waals surface area contributed by atoms with E-state index in [9.17, 15) is 0 Å². The number of isothiocyanates is 1. The Morgan fingerprint density at radius 3 is 2.43 bits per heavy atom. The molecule has 0 bridgehead atoms. The van der Waals surface area contributed by atoms with Gasteiger partial charge in [-0.1, -0.05) is 38.5 Å². The van der Waals surface area contributed by atoms with E-state index in [1.807, 2.05) is 0 Å². The first-order valence-electron chi connectivity index (χ1n) is 5.99. The van der Waals surface area contributed by atoms with E-state index in [1.165, 1.54) is 51.4 Å². The lowest BCUT2D eigenvalue weighted by molar-refractivity contribution is 0.236. The largest absolute Gasteiger partial charge is 0.229 e. The zero-order chi connectivity index (χ0) is 9.80. The molecule has 0 saturated heterocycles. The van der Waals surface area contributed by atoms with Crippen LogP contribution in [-0.2, 0) is 0 Å². The molecule has 0 spiro atoms. The summed E-state index contributed by atoms with van der Waals surface area (Å²) in [7, 11) is 0. The Bertz CT molecular complexity index is 226. The van der Waals surface area contributed by atoms with Gasteiger partial charge in [0.1, 0.15) is 0 Å². The number of thiocarbonyl (C=S) groups is 1. The van der Waals surface area contributed by atoms with Gasteiger partial charge in [0.05, 0.1) is 11.2 Å². The highest BCUT2D eigenvalue weighted by Gasteiger charge is 2.33. The van der Waals surface area contributed by atoms with Crippen LogP contribution in [0.3, 0.4) is 0 Å². The molecule has 0 aromatic carbocycles. The molecule has 2 aliphatic rings. The van der Waals surface area contributed by atoms with Crippen molar-refractivity contribution in [1.29, 1.82) is 0 Å². The molecule has 2 aliphatic carbocycles. The monoisotopic (exact) mass is 209 g/mol. The smallest absolute Gasteiger partial charge is 0.0633 e. The first-order chi connectivity index (χ1) is 6.92. The summed E-state index contributed by atoms with van der Waals surface area (Å²) in [5.41, 5.74) is 0. The van der Waals surface area contributed by atoms with Crippen molar-refractivity contribution in [3.8, 4) is 0 Å². The molecule has 0 aromatic heterocycles. The number of rotatable bonds is 2. The maximum atomic E-state index is 4.73. The Hall–Kier alpha value is -0.200. The summed E-state index contributed by atoms with van der Waals surface area (Å²) < 4.78 is 0. The van der Waals surface area contributed by atoms with Crippen LogP contribution in [0.4, 0.5) is 0 Å². The van der Waals surface area contributed by atoms with Crippen LogP contribution >= 0.6 is 12.2 Å². The molecule has 2 fully saturated rings. The Labute approximate surface area is 92.0 Å². The van der Waals surface area contributed by atoms with Gasteiger partial charge in [-0.3, -0.25) is 0 Å². The maximum absolute atomic E-state index is 4.73. The first kappa shape index (κ1) is 10.3. The highest BCUT2D eigenvalue weighted by atomic mass is 32.1. The molecule has 0 aromatic rings. The molecular weight excluding hydrogens is 190 g/mol. The molecule has 0 aliphatic heterocycles. The van der Waals surface area contributed by atoms with E-state index in [0.29, 0.717) is 6.04 Å². The van der Waals surface area contributed by atoms with E-state index in [4.69, 9.17) is 12.2 Å². The van der Waals surface area contributed by atoms with Crippen LogP contribution in [0.1, 0.15) is 51.4 Å². The molecule has 0 unspecified atom stereocenters. The average molecular weight is 209 g/mol. The highest BCUT2D eigenvalue weighted by Crippen LogP contribution is 2.40. The maximum Gasteiger partial charge on any atom is 0.0633 e. The average Bonchev–Trinajstić information content (AvgIpc) is 2.68. The normalized spacial score (nSPS) is 34.0. The third-order valence-electron chi connectivity index (χ3n) is 4.01. The molecule has 2 rings (SSSR count). The van der Waals surface area contributed by atoms with E-state index in [0.717, 1.165) is 11.8 Å². The molecule has 0 heterocycles. The quantitative estimate of drug-likeness (QED) is 0.497. The highest BCUT2D eigenvalue weighted by molar-refractivity contribution is 7.78. The molecule has 0 radical (unpaired) electrons. The fourth-order valence-corrected chi connectivity index (χ4v) is 3.44. The van der Waals surface area contributed by atoms with Gasteiger partial charge in [-0.25, -0.2) is 4.99 Å². The summed E-state index contributed by atoms with van der Waals surface area (Å²) in [6.07, 6.45) is 11.2. The molecule has 2 saturated carbocycles. The predicted molar refractivity (Wildman–Crippen MR) is 62.7 cm³/mol. The Balaban J connectivity index is 1.97. The van der Waals surface area contributed by atoms with Gasteiger partial charge in [-0.15, -0.1) is 0 Å². The lowest BCUT2D eigenvalue weighted by Crippen LogP contribution is -2.23. The SMILES string of the molecule is S=C=N[C@@H]1CCC[C@@H]1C1CCCCC1. The Kier molecular flexibility index (Phi) is 3.72. The fourth-order valence-electron chi connectivity index (χ4n) is 3.31. The summed E-state index contributed by atoms with van der Waals surface area (Å²) in [6.45, 7) is 0. The van der Waals surface area contributed by atoms with Crippen LogP contribution in [-0.4, -0.2) is 11.2 Å². The summed E-state index contributed by atoms with van der Waals surface area (Å²) >= 11 is 4.73. The summed E-state index contributed by atoms with van der Waals surface area (Å²) in [5.74, 6) is 1.79. The van der Waals surface area contributed by atoms with E-state index < -0.39 is 0 Å². The Morgan fingerprint density at radius 2 is 1.71 bits per heavy atom. The molecule has 14 heavy (non-hydrogen) atoms. The Morgan fingerprint density at radius 1 is 0.929 bits per heavy atom. The minimum absolute atomic E-state index is 0.524. The number of hydrogen-bond donors (Lipinski definition) is 0. The summed E-state index contributed by atoms with van der Waals surface area (Å²) in [6, 6.07) is 0.524. The third-order valence-corrected chi connectivity index (χ3v) is 4.11. The van der Waals surface area contributed by atoms with Crippen LogP contribution < -0.4 is 0 Å². The van der Waals surface area contributed by atoms with Crippen LogP contribution in [0.5, 0.6) is 0 Å². The van der Waals surface area contributed by atoms with Crippen LogP contribution in [0.15, 0.2) is 4.99 Å². The van der Waals surface area contributed by atoms with Gasteiger partial charge in [0.15, 0.2) is 0 Å². The molecule has 2 heteroatoms.